The molecule has 25 heavy (non-hydrogen) atoms. The number of carbonyl (C=O) groups is 1. The first-order valence-electron chi connectivity index (χ1n) is 8.69. The predicted molar refractivity (Wildman–Crippen MR) is 94.7 cm³/mol. The van der Waals surface area contributed by atoms with E-state index in [9.17, 15) is 4.79 Å². The first-order chi connectivity index (χ1) is 12.0. The Morgan fingerprint density at radius 1 is 1.36 bits per heavy atom. The highest BCUT2D eigenvalue weighted by molar-refractivity contribution is 5.94. The quantitative estimate of drug-likeness (QED) is 0.906. The van der Waals surface area contributed by atoms with Crippen LogP contribution in [0.4, 0.5) is 0 Å². The van der Waals surface area contributed by atoms with Gasteiger partial charge in [0.1, 0.15) is 5.75 Å². The van der Waals surface area contributed by atoms with Gasteiger partial charge >= 0.3 is 0 Å². The van der Waals surface area contributed by atoms with Crippen molar-refractivity contribution < 1.29 is 14.3 Å². The molecule has 3 rings (SSSR count). The van der Waals surface area contributed by atoms with E-state index in [1.807, 2.05) is 45.0 Å². The first kappa shape index (κ1) is 17.5. The Kier molecular flexibility index (Phi) is 5.08. The number of rotatable bonds is 5. The fourth-order valence-electron chi connectivity index (χ4n) is 3.23. The normalized spacial score (nSPS) is 19.4. The fraction of sp³-hybridized carbons (Fsp3) is 0.474. The number of nitrogens with one attached hydrogen (secondary N) is 1. The molecule has 2 heterocycles. The van der Waals surface area contributed by atoms with Gasteiger partial charge in [0.2, 0.25) is 0 Å². The number of aromatic amines is 1. The molecule has 134 valence electrons. The lowest BCUT2D eigenvalue weighted by molar-refractivity contribution is -0.00701. The van der Waals surface area contributed by atoms with Crippen LogP contribution < -0.4 is 4.74 Å². The van der Waals surface area contributed by atoms with E-state index in [1.54, 1.807) is 11.9 Å². The Morgan fingerprint density at radius 2 is 2.08 bits per heavy atom. The van der Waals surface area contributed by atoms with Crippen molar-refractivity contribution in [2.45, 2.75) is 45.9 Å². The van der Waals surface area contributed by atoms with E-state index in [2.05, 4.69) is 10.2 Å². The Balaban J connectivity index is 1.73. The summed E-state index contributed by atoms with van der Waals surface area (Å²) in [5, 5.41) is 7.25. The molecule has 0 saturated carbocycles. The van der Waals surface area contributed by atoms with Crippen LogP contribution in [0.15, 0.2) is 24.3 Å². The van der Waals surface area contributed by atoms with Gasteiger partial charge in [0, 0.05) is 25.6 Å². The lowest BCUT2D eigenvalue weighted by Crippen LogP contribution is -2.29. The first-order valence-corrected chi connectivity index (χ1v) is 8.69. The van der Waals surface area contributed by atoms with E-state index < -0.39 is 0 Å². The second kappa shape index (κ2) is 7.27. The zero-order valence-corrected chi connectivity index (χ0v) is 15.2. The Labute approximate surface area is 148 Å². The summed E-state index contributed by atoms with van der Waals surface area (Å²) < 4.78 is 11.2. The summed E-state index contributed by atoms with van der Waals surface area (Å²) in [6, 6.07) is 7.81. The van der Waals surface area contributed by atoms with Gasteiger partial charge in [-0.1, -0.05) is 12.1 Å². The molecule has 0 fully saturated rings. The average molecular weight is 343 g/mol. The summed E-state index contributed by atoms with van der Waals surface area (Å²) in [5.41, 5.74) is 3.45. The van der Waals surface area contributed by atoms with Crippen LogP contribution in [-0.2, 0) is 17.7 Å². The highest BCUT2D eigenvalue weighted by Crippen LogP contribution is 2.30. The molecule has 0 unspecified atom stereocenters. The molecule has 0 aliphatic carbocycles. The van der Waals surface area contributed by atoms with Gasteiger partial charge in [0.15, 0.2) is 5.69 Å². The summed E-state index contributed by atoms with van der Waals surface area (Å²) >= 11 is 0. The Morgan fingerprint density at radius 3 is 2.76 bits per heavy atom. The molecule has 2 atom stereocenters. The minimum atomic E-state index is -0.0762. The van der Waals surface area contributed by atoms with E-state index in [1.165, 1.54) is 0 Å². The van der Waals surface area contributed by atoms with Gasteiger partial charge < -0.3 is 14.4 Å². The van der Waals surface area contributed by atoms with Crippen molar-refractivity contribution in [3.05, 3.63) is 46.8 Å². The molecule has 2 aromatic rings. The number of nitrogens with zero attached hydrogens (tertiary/aromatic N) is 2. The van der Waals surface area contributed by atoms with Crippen LogP contribution in [0.5, 0.6) is 5.75 Å². The van der Waals surface area contributed by atoms with E-state index in [-0.39, 0.29) is 18.1 Å². The SMILES string of the molecule is CCOc1ccc(CN(C)C(=O)c2n[nH]c3c2C[C@H](C)O[C@@H]3C)cc1. The van der Waals surface area contributed by atoms with Gasteiger partial charge in [-0.05, 0) is 38.5 Å². The molecule has 0 bridgehead atoms. The number of aromatic nitrogens is 2. The third-order valence-corrected chi connectivity index (χ3v) is 4.44. The third kappa shape index (κ3) is 3.69. The number of carbonyl (C=O) groups excluding carboxylic acids is 1. The molecule has 1 N–H and O–H groups in total. The van der Waals surface area contributed by atoms with Gasteiger partial charge in [0.05, 0.1) is 24.5 Å². The zero-order valence-electron chi connectivity index (χ0n) is 15.2. The Hall–Kier alpha value is -2.34. The molecule has 1 aromatic carbocycles. The zero-order chi connectivity index (χ0) is 18.0. The highest BCUT2D eigenvalue weighted by Gasteiger charge is 2.30. The molecule has 1 amide bonds. The monoisotopic (exact) mass is 343 g/mol. The molecular formula is C19H25N3O3. The highest BCUT2D eigenvalue weighted by atomic mass is 16.5. The van der Waals surface area contributed by atoms with Gasteiger partial charge in [-0.3, -0.25) is 9.89 Å². The van der Waals surface area contributed by atoms with Crippen LogP contribution in [0.2, 0.25) is 0 Å². The van der Waals surface area contributed by atoms with Crippen molar-refractivity contribution >= 4 is 5.91 Å². The third-order valence-electron chi connectivity index (χ3n) is 4.44. The summed E-state index contributed by atoms with van der Waals surface area (Å²) in [4.78, 5) is 14.5. The molecule has 1 aromatic heterocycles. The van der Waals surface area contributed by atoms with Crippen LogP contribution in [0.25, 0.3) is 0 Å². The van der Waals surface area contributed by atoms with Crippen LogP contribution in [0.1, 0.15) is 54.2 Å². The summed E-state index contributed by atoms with van der Waals surface area (Å²) in [5.74, 6) is 0.761. The van der Waals surface area contributed by atoms with Crippen molar-refractivity contribution in [3.63, 3.8) is 0 Å². The van der Waals surface area contributed by atoms with Crippen LogP contribution in [0, 0.1) is 0 Å². The second-order valence-corrected chi connectivity index (χ2v) is 6.50. The van der Waals surface area contributed by atoms with Crippen LogP contribution >= 0.6 is 0 Å². The number of fused-ring (bicyclic) bond motifs is 1. The maximum Gasteiger partial charge on any atom is 0.274 e. The van der Waals surface area contributed by atoms with Gasteiger partial charge in [-0.2, -0.15) is 5.10 Å². The van der Waals surface area contributed by atoms with Gasteiger partial charge in [-0.15, -0.1) is 0 Å². The topological polar surface area (TPSA) is 67.5 Å². The molecular weight excluding hydrogens is 318 g/mol. The number of hydrogen-bond acceptors (Lipinski definition) is 4. The molecule has 0 spiro atoms. The molecule has 1 aliphatic rings. The van der Waals surface area contributed by atoms with Crippen molar-refractivity contribution in [1.82, 2.24) is 15.1 Å². The van der Waals surface area contributed by atoms with Gasteiger partial charge in [0.25, 0.3) is 5.91 Å². The summed E-state index contributed by atoms with van der Waals surface area (Å²) in [7, 11) is 1.80. The summed E-state index contributed by atoms with van der Waals surface area (Å²) in [6.07, 6.45) is 0.723. The Bertz CT molecular complexity index is 739. The number of ether oxygens (including phenoxy) is 2. The predicted octanol–water partition coefficient (Wildman–Crippen LogP) is 3.10. The second-order valence-electron chi connectivity index (χ2n) is 6.50. The van der Waals surface area contributed by atoms with Crippen molar-refractivity contribution in [3.8, 4) is 5.75 Å². The number of benzene rings is 1. The van der Waals surface area contributed by atoms with Crippen LogP contribution in [0.3, 0.4) is 0 Å². The molecule has 0 radical (unpaired) electrons. The molecule has 0 saturated heterocycles. The lowest BCUT2D eigenvalue weighted by atomic mass is 9.99. The largest absolute Gasteiger partial charge is 0.494 e. The lowest BCUT2D eigenvalue weighted by Gasteiger charge is -2.25. The maximum atomic E-state index is 12.8. The van der Waals surface area contributed by atoms with Crippen LogP contribution in [-0.4, -0.2) is 40.8 Å². The minimum Gasteiger partial charge on any atom is -0.494 e. The van der Waals surface area contributed by atoms with E-state index in [0.717, 1.165) is 22.6 Å². The van der Waals surface area contributed by atoms with Crippen molar-refractivity contribution in [2.75, 3.05) is 13.7 Å². The average Bonchev–Trinajstić information content (AvgIpc) is 3.00. The number of H-pyrrole nitrogens is 1. The molecule has 1 aliphatic heterocycles. The fourth-order valence-corrected chi connectivity index (χ4v) is 3.23. The van der Waals surface area contributed by atoms with E-state index >= 15 is 0 Å². The summed E-state index contributed by atoms with van der Waals surface area (Å²) in [6.45, 7) is 7.11. The maximum absolute atomic E-state index is 12.8. The molecule has 6 heteroatoms. The van der Waals surface area contributed by atoms with E-state index in [0.29, 0.717) is 25.3 Å². The molecule has 6 nitrogen and oxygen atoms in total. The minimum absolute atomic E-state index is 0.0655. The van der Waals surface area contributed by atoms with E-state index in [4.69, 9.17) is 9.47 Å². The number of hydrogen-bond donors (Lipinski definition) is 1. The smallest absolute Gasteiger partial charge is 0.274 e. The van der Waals surface area contributed by atoms with Crippen molar-refractivity contribution in [2.24, 2.45) is 0 Å². The standard InChI is InChI=1S/C19H25N3O3/c1-5-24-15-8-6-14(7-9-15)11-22(4)19(23)18-16-10-12(2)25-13(3)17(16)20-21-18/h6-9,12-13H,5,10-11H2,1-4H3,(H,20,21)/t12-,13+/m0/s1. The van der Waals surface area contributed by atoms with Crippen molar-refractivity contribution in [1.29, 1.82) is 0 Å². The van der Waals surface area contributed by atoms with Gasteiger partial charge in [-0.25, -0.2) is 0 Å². The number of amides is 1.